The molecule has 2 atom stereocenters. The number of ketones is 1. The van der Waals surface area contributed by atoms with Gasteiger partial charge in [-0.1, -0.05) is 38.6 Å². The molecule has 34 heavy (non-hydrogen) atoms. The van der Waals surface area contributed by atoms with E-state index in [1.807, 2.05) is 30.3 Å². The topological polar surface area (TPSA) is 85.9 Å². The van der Waals surface area contributed by atoms with Gasteiger partial charge in [0.1, 0.15) is 5.75 Å². The number of hydrogen-bond donors (Lipinski definition) is 2. The van der Waals surface area contributed by atoms with Crippen molar-refractivity contribution in [3.8, 4) is 17.2 Å². The lowest BCUT2D eigenvalue weighted by molar-refractivity contribution is -0.120. The number of carbonyl (C=O) groups is 2. The lowest BCUT2D eigenvalue weighted by Gasteiger charge is -2.42. The molecule has 7 nitrogen and oxygen atoms in total. The molecule has 2 heterocycles. The van der Waals surface area contributed by atoms with Crippen LogP contribution in [0.5, 0.6) is 17.2 Å². The van der Waals surface area contributed by atoms with Crippen molar-refractivity contribution >= 4 is 17.4 Å². The van der Waals surface area contributed by atoms with Crippen molar-refractivity contribution in [3.05, 3.63) is 71.6 Å². The summed E-state index contributed by atoms with van der Waals surface area (Å²) in [5, 5.41) is 6.30. The quantitative estimate of drug-likeness (QED) is 0.698. The summed E-state index contributed by atoms with van der Waals surface area (Å²) in [6.07, 6.45) is 1.12. The molecule has 2 aromatic rings. The van der Waals surface area contributed by atoms with Gasteiger partial charge in [-0.2, -0.15) is 0 Å². The predicted octanol–water partition coefficient (Wildman–Crippen LogP) is 4.52. The molecule has 5 rings (SSSR count). The number of nitrogens with one attached hydrogen (secondary N) is 2. The summed E-state index contributed by atoms with van der Waals surface area (Å²) in [5.41, 5.74) is 3.24. The number of carbonyl (C=O) groups excluding carboxylic acids is 2. The van der Waals surface area contributed by atoms with Crippen LogP contribution in [0, 0.1) is 11.3 Å². The van der Waals surface area contributed by atoms with E-state index in [2.05, 4.69) is 31.1 Å². The predicted molar refractivity (Wildman–Crippen MR) is 128 cm³/mol. The third-order valence-corrected chi connectivity index (χ3v) is 6.65. The molecule has 2 N–H and O–H groups in total. The minimum Gasteiger partial charge on any atom is -0.495 e. The van der Waals surface area contributed by atoms with Crippen LogP contribution in [-0.4, -0.2) is 25.6 Å². The molecule has 1 aliphatic carbocycles. The van der Waals surface area contributed by atoms with Crippen LogP contribution < -0.4 is 24.8 Å². The Labute approximate surface area is 198 Å². The van der Waals surface area contributed by atoms with E-state index < -0.39 is 11.8 Å². The summed E-state index contributed by atoms with van der Waals surface area (Å²) in [6, 6.07) is 12.8. The van der Waals surface area contributed by atoms with E-state index in [-0.39, 0.29) is 23.9 Å². The molecule has 0 saturated carbocycles. The van der Waals surface area contributed by atoms with Gasteiger partial charge < -0.3 is 24.8 Å². The van der Waals surface area contributed by atoms with Gasteiger partial charge in [-0.25, -0.2) is 0 Å². The van der Waals surface area contributed by atoms with Gasteiger partial charge in [-0.3, -0.25) is 9.59 Å². The smallest absolute Gasteiger partial charge is 0.234 e. The van der Waals surface area contributed by atoms with Crippen LogP contribution in [0.4, 0.5) is 5.69 Å². The number of anilines is 1. The molecule has 2 aliphatic heterocycles. The van der Waals surface area contributed by atoms with Crippen LogP contribution in [0.15, 0.2) is 66.0 Å². The summed E-state index contributed by atoms with van der Waals surface area (Å²) >= 11 is 0. The molecular weight excluding hydrogens is 432 g/mol. The number of allylic oxidation sites excluding steroid dienone is 2. The molecular formula is C27H28N2O5. The summed E-state index contributed by atoms with van der Waals surface area (Å²) in [7, 11) is 1.56. The standard InChI is InChI=1S/C27H28N2O5/c1-15-23(26(31)29-17-7-5-6-8-20(17)32-4)24(16-9-10-21-22(11-16)34-14-33-21)25-18(28-15)12-27(2,3)13-19(25)30/h5-11,23-24,28H,1,12-14H2,2-4H3,(H,29,31). The second-order valence-electron chi connectivity index (χ2n) is 9.74. The molecule has 0 fully saturated rings. The highest BCUT2D eigenvalue weighted by Gasteiger charge is 2.46. The van der Waals surface area contributed by atoms with Crippen LogP contribution in [0.3, 0.4) is 0 Å². The summed E-state index contributed by atoms with van der Waals surface area (Å²) in [5.74, 6) is 0.372. The monoisotopic (exact) mass is 460 g/mol. The van der Waals surface area contributed by atoms with Gasteiger partial charge in [-0.15, -0.1) is 0 Å². The van der Waals surface area contributed by atoms with E-state index in [0.29, 0.717) is 47.0 Å². The zero-order chi connectivity index (χ0) is 24.0. The molecule has 1 amide bonds. The van der Waals surface area contributed by atoms with Crippen LogP contribution >= 0.6 is 0 Å². The van der Waals surface area contributed by atoms with Gasteiger partial charge >= 0.3 is 0 Å². The van der Waals surface area contributed by atoms with Crippen molar-refractivity contribution in [1.29, 1.82) is 0 Å². The van der Waals surface area contributed by atoms with Gasteiger partial charge in [0.05, 0.1) is 18.7 Å². The second-order valence-corrected chi connectivity index (χ2v) is 9.74. The SMILES string of the molecule is C=C1NC2=C(C(=O)CC(C)(C)C2)C(c2ccc3c(c2)OCO3)C1C(=O)Nc1ccccc1OC. The van der Waals surface area contributed by atoms with Gasteiger partial charge in [0.15, 0.2) is 17.3 Å². The first-order valence-corrected chi connectivity index (χ1v) is 11.3. The first-order valence-electron chi connectivity index (χ1n) is 11.3. The third-order valence-electron chi connectivity index (χ3n) is 6.65. The number of methoxy groups -OCH3 is 1. The third kappa shape index (κ3) is 3.81. The number of hydrogen-bond acceptors (Lipinski definition) is 6. The zero-order valence-corrected chi connectivity index (χ0v) is 19.6. The Kier molecular flexibility index (Phi) is 5.35. The number of benzene rings is 2. The molecule has 176 valence electrons. The molecule has 0 bridgehead atoms. The Morgan fingerprint density at radius 1 is 1.15 bits per heavy atom. The average molecular weight is 461 g/mol. The second kappa shape index (κ2) is 8.24. The number of amides is 1. The van der Waals surface area contributed by atoms with Crippen molar-refractivity contribution in [2.75, 3.05) is 19.2 Å². The minimum atomic E-state index is -0.714. The highest BCUT2D eigenvalue weighted by molar-refractivity contribution is 6.03. The maximum absolute atomic E-state index is 13.7. The van der Waals surface area contributed by atoms with Crippen LogP contribution in [0.25, 0.3) is 0 Å². The van der Waals surface area contributed by atoms with E-state index in [9.17, 15) is 9.59 Å². The molecule has 0 aromatic heterocycles. The Morgan fingerprint density at radius 2 is 1.91 bits per heavy atom. The fourth-order valence-corrected chi connectivity index (χ4v) is 5.18. The van der Waals surface area contributed by atoms with Gasteiger partial charge in [0, 0.05) is 29.3 Å². The Bertz CT molecular complexity index is 1230. The Hall–Kier alpha value is -3.74. The van der Waals surface area contributed by atoms with E-state index in [1.54, 1.807) is 19.2 Å². The molecule has 0 spiro atoms. The first-order chi connectivity index (χ1) is 16.3. The van der Waals surface area contributed by atoms with E-state index >= 15 is 0 Å². The van der Waals surface area contributed by atoms with Crippen LogP contribution in [-0.2, 0) is 9.59 Å². The van der Waals surface area contributed by atoms with Crippen LogP contribution in [0.2, 0.25) is 0 Å². The fourth-order valence-electron chi connectivity index (χ4n) is 5.18. The summed E-state index contributed by atoms with van der Waals surface area (Å²) < 4.78 is 16.5. The van der Waals surface area contributed by atoms with Crippen molar-refractivity contribution in [1.82, 2.24) is 5.32 Å². The van der Waals surface area contributed by atoms with Crippen LogP contribution in [0.1, 0.15) is 38.2 Å². The first kappa shape index (κ1) is 22.1. The zero-order valence-electron chi connectivity index (χ0n) is 19.6. The highest BCUT2D eigenvalue weighted by Crippen LogP contribution is 2.49. The summed E-state index contributed by atoms with van der Waals surface area (Å²) in [6.45, 7) is 8.51. The molecule has 3 aliphatic rings. The van der Waals surface area contributed by atoms with E-state index in [4.69, 9.17) is 14.2 Å². The number of para-hydroxylation sites is 2. The summed E-state index contributed by atoms with van der Waals surface area (Å²) in [4.78, 5) is 27.2. The van der Waals surface area contributed by atoms with E-state index in [1.165, 1.54) is 0 Å². The minimum absolute atomic E-state index is 0.0454. The fraction of sp³-hybridized carbons (Fsp3) is 0.333. The number of fused-ring (bicyclic) bond motifs is 1. The van der Waals surface area contributed by atoms with Crippen molar-refractivity contribution in [3.63, 3.8) is 0 Å². The number of rotatable bonds is 4. The van der Waals surface area contributed by atoms with Crippen molar-refractivity contribution < 1.29 is 23.8 Å². The molecule has 7 heteroatoms. The Morgan fingerprint density at radius 3 is 2.71 bits per heavy atom. The van der Waals surface area contributed by atoms with Gasteiger partial charge in [0.25, 0.3) is 0 Å². The van der Waals surface area contributed by atoms with Crippen molar-refractivity contribution in [2.24, 2.45) is 11.3 Å². The molecule has 0 saturated heterocycles. The molecule has 0 radical (unpaired) electrons. The van der Waals surface area contributed by atoms with Crippen molar-refractivity contribution in [2.45, 2.75) is 32.6 Å². The van der Waals surface area contributed by atoms with E-state index in [0.717, 1.165) is 11.3 Å². The molecule has 2 aromatic carbocycles. The normalized spacial score (nSPS) is 22.7. The molecule has 2 unspecified atom stereocenters. The Balaban J connectivity index is 1.60. The number of Topliss-reactive ketones (excluding diaryl/α,β-unsaturated/α-hetero) is 1. The maximum Gasteiger partial charge on any atom is 0.234 e. The lowest BCUT2D eigenvalue weighted by Crippen LogP contribution is -2.44. The van der Waals surface area contributed by atoms with Gasteiger partial charge in [-0.05, 0) is 41.7 Å². The largest absolute Gasteiger partial charge is 0.495 e. The lowest BCUT2D eigenvalue weighted by atomic mass is 9.66. The van der Waals surface area contributed by atoms with Gasteiger partial charge in [0.2, 0.25) is 12.7 Å². The maximum atomic E-state index is 13.7. The highest BCUT2D eigenvalue weighted by atomic mass is 16.7. The average Bonchev–Trinajstić information content (AvgIpc) is 3.25. The number of ether oxygens (including phenoxy) is 3.